The van der Waals surface area contributed by atoms with E-state index in [0.29, 0.717) is 10.6 Å². The molecule has 3 aromatic carbocycles. The van der Waals surface area contributed by atoms with Crippen LogP contribution in [0, 0.1) is 6.92 Å². The molecule has 108 valence electrons. The second-order valence-corrected chi connectivity index (χ2v) is 5.97. The van der Waals surface area contributed by atoms with Crippen molar-refractivity contribution in [3.05, 3.63) is 81.9 Å². The van der Waals surface area contributed by atoms with Crippen LogP contribution in [0.5, 0.6) is 0 Å². The highest BCUT2D eigenvalue weighted by molar-refractivity contribution is 6.30. The summed E-state index contributed by atoms with van der Waals surface area (Å²) in [7, 11) is 0. The molecule has 1 atom stereocenters. The number of benzene rings is 3. The SMILES string of the molecule is Cc1cc(Cl)ccc1C1OC(=O)c2c1ccc1ccccc21. The van der Waals surface area contributed by atoms with E-state index >= 15 is 0 Å². The third kappa shape index (κ3) is 1.92. The van der Waals surface area contributed by atoms with Gasteiger partial charge in [0.1, 0.15) is 0 Å². The molecule has 0 bridgehead atoms. The molecule has 1 unspecified atom stereocenters. The number of halogens is 1. The van der Waals surface area contributed by atoms with Crippen molar-refractivity contribution in [3.63, 3.8) is 0 Å². The number of fused-ring (bicyclic) bond motifs is 3. The quantitative estimate of drug-likeness (QED) is 0.587. The topological polar surface area (TPSA) is 26.3 Å². The first-order valence-electron chi connectivity index (χ1n) is 7.14. The normalized spacial score (nSPS) is 16.6. The van der Waals surface area contributed by atoms with Gasteiger partial charge < -0.3 is 4.74 Å². The summed E-state index contributed by atoms with van der Waals surface area (Å²) in [5.74, 6) is -0.258. The zero-order valence-corrected chi connectivity index (χ0v) is 12.7. The Hall–Kier alpha value is -2.32. The summed E-state index contributed by atoms with van der Waals surface area (Å²) >= 11 is 6.02. The Bertz CT molecular complexity index is 914. The minimum absolute atomic E-state index is 0.258. The van der Waals surface area contributed by atoms with Crippen LogP contribution < -0.4 is 0 Å². The minimum Gasteiger partial charge on any atom is -0.449 e. The van der Waals surface area contributed by atoms with Crippen LogP contribution in [0.15, 0.2) is 54.6 Å². The first-order chi connectivity index (χ1) is 10.6. The molecule has 0 fully saturated rings. The molecular weight excluding hydrogens is 296 g/mol. The van der Waals surface area contributed by atoms with Gasteiger partial charge in [-0.2, -0.15) is 0 Å². The van der Waals surface area contributed by atoms with Crippen LogP contribution >= 0.6 is 11.6 Å². The zero-order chi connectivity index (χ0) is 15.3. The first-order valence-corrected chi connectivity index (χ1v) is 7.51. The summed E-state index contributed by atoms with van der Waals surface area (Å²) in [6.45, 7) is 1.98. The second kappa shape index (κ2) is 4.85. The highest BCUT2D eigenvalue weighted by Crippen LogP contribution is 2.40. The molecule has 2 nitrogen and oxygen atoms in total. The van der Waals surface area contributed by atoms with Crippen LogP contribution in [0.1, 0.15) is 33.2 Å². The molecule has 1 aliphatic heterocycles. The number of hydrogen-bond donors (Lipinski definition) is 0. The van der Waals surface area contributed by atoms with E-state index in [9.17, 15) is 4.79 Å². The summed E-state index contributed by atoms with van der Waals surface area (Å²) in [4.78, 5) is 12.4. The van der Waals surface area contributed by atoms with Crippen molar-refractivity contribution in [2.75, 3.05) is 0 Å². The molecule has 3 heteroatoms. The van der Waals surface area contributed by atoms with E-state index in [1.54, 1.807) is 0 Å². The molecule has 0 spiro atoms. The smallest absolute Gasteiger partial charge is 0.340 e. The third-order valence-electron chi connectivity index (χ3n) is 4.19. The van der Waals surface area contributed by atoms with Gasteiger partial charge >= 0.3 is 5.97 Å². The van der Waals surface area contributed by atoms with Crippen LogP contribution in [-0.4, -0.2) is 5.97 Å². The molecule has 0 saturated carbocycles. The molecule has 1 heterocycles. The van der Waals surface area contributed by atoms with E-state index in [-0.39, 0.29) is 12.1 Å². The van der Waals surface area contributed by atoms with Gasteiger partial charge in [-0.1, -0.05) is 54.1 Å². The Balaban J connectivity index is 1.94. The standard InChI is InChI=1S/C19H13ClO2/c1-11-10-13(20)7-9-14(11)18-16-8-6-12-4-2-3-5-15(12)17(16)19(21)22-18/h2-10,18H,1H3. The van der Waals surface area contributed by atoms with Crippen LogP contribution in [0.2, 0.25) is 5.02 Å². The average Bonchev–Trinajstić information content (AvgIpc) is 2.85. The van der Waals surface area contributed by atoms with Crippen molar-refractivity contribution < 1.29 is 9.53 Å². The lowest BCUT2D eigenvalue weighted by molar-refractivity contribution is 0.0456. The molecule has 0 amide bonds. The average molecular weight is 309 g/mol. The van der Waals surface area contributed by atoms with Crippen LogP contribution in [0.25, 0.3) is 10.8 Å². The van der Waals surface area contributed by atoms with Crippen LogP contribution in [-0.2, 0) is 4.74 Å². The Morgan fingerprint density at radius 2 is 1.77 bits per heavy atom. The number of cyclic esters (lactones) is 1. The van der Waals surface area contributed by atoms with Crippen molar-refractivity contribution in [2.45, 2.75) is 13.0 Å². The zero-order valence-electron chi connectivity index (χ0n) is 12.0. The van der Waals surface area contributed by atoms with Crippen molar-refractivity contribution in [2.24, 2.45) is 0 Å². The van der Waals surface area contributed by atoms with E-state index in [0.717, 1.165) is 27.5 Å². The minimum atomic E-state index is -0.357. The fourth-order valence-corrected chi connectivity index (χ4v) is 3.36. The summed E-state index contributed by atoms with van der Waals surface area (Å²) in [6, 6.07) is 17.6. The number of aryl methyl sites for hydroxylation is 1. The van der Waals surface area contributed by atoms with Crippen LogP contribution in [0.3, 0.4) is 0 Å². The first kappa shape index (κ1) is 13.4. The molecule has 0 saturated heterocycles. The predicted octanol–water partition coefficient (Wildman–Crippen LogP) is 5.06. The maximum atomic E-state index is 12.4. The molecular formula is C19H13ClO2. The summed E-state index contributed by atoms with van der Waals surface area (Å²) < 4.78 is 5.66. The monoisotopic (exact) mass is 308 g/mol. The second-order valence-electron chi connectivity index (χ2n) is 5.54. The number of carbonyl (C=O) groups excluding carboxylic acids is 1. The van der Waals surface area contributed by atoms with Gasteiger partial charge in [-0.05, 0) is 35.4 Å². The lowest BCUT2D eigenvalue weighted by atomic mass is 9.93. The number of hydrogen-bond acceptors (Lipinski definition) is 2. The van der Waals surface area contributed by atoms with Gasteiger partial charge in [0, 0.05) is 16.1 Å². The lowest BCUT2D eigenvalue weighted by Gasteiger charge is -2.14. The Morgan fingerprint density at radius 1 is 1.00 bits per heavy atom. The molecule has 4 rings (SSSR count). The van der Waals surface area contributed by atoms with E-state index < -0.39 is 0 Å². The molecule has 0 aliphatic carbocycles. The fraction of sp³-hybridized carbons (Fsp3) is 0.105. The Labute approximate surface area is 133 Å². The van der Waals surface area contributed by atoms with E-state index in [1.807, 2.05) is 61.5 Å². The predicted molar refractivity (Wildman–Crippen MR) is 87.4 cm³/mol. The van der Waals surface area contributed by atoms with E-state index in [2.05, 4.69) is 0 Å². The summed E-state index contributed by atoms with van der Waals surface area (Å²) in [5, 5.41) is 2.68. The summed E-state index contributed by atoms with van der Waals surface area (Å²) in [5.41, 5.74) is 3.60. The van der Waals surface area contributed by atoms with Gasteiger partial charge in [-0.25, -0.2) is 4.79 Å². The maximum absolute atomic E-state index is 12.4. The maximum Gasteiger partial charge on any atom is 0.340 e. The fourth-order valence-electron chi connectivity index (χ4n) is 3.13. The highest BCUT2D eigenvalue weighted by Gasteiger charge is 2.34. The van der Waals surface area contributed by atoms with E-state index in [4.69, 9.17) is 16.3 Å². The summed E-state index contributed by atoms with van der Waals surface area (Å²) in [6.07, 6.45) is -0.357. The number of carbonyl (C=O) groups is 1. The van der Waals surface area contributed by atoms with Crippen molar-refractivity contribution in [1.29, 1.82) is 0 Å². The van der Waals surface area contributed by atoms with Gasteiger partial charge in [-0.3, -0.25) is 0 Å². The molecule has 0 N–H and O–H groups in total. The van der Waals surface area contributed by atoms with Crippen molar-refractivity contribution in [1.82, 2.24) is 0 Å². The van der Waals surface area contributed by atoms with Crippen LogP contribution in [0.4, 0.5) is 0 Å². The molecule has 22 heavy (non-hydrogen) atoms. The van der Waals surface area contributed by atoms with Crippen molar-refractivity contribution >= 4 is 28.3 Å². The lowest BCUT2D eigenvalue weighted by Crippen LogP contribution is -2.02. The number of rotatable bonds is 1. The van der Waals surface area contributed by atoms with Gasteiger partial charge in [0.05, 0.1) is 5.56 Å². The van der Waals surface area contributed by atoms with Crippen molar-refractivity contribution in [3.8, 4) is 0 Å². The third-order valence-corrected chi connectivity index (χ3v) is 4.42. The highest BCUT2D eigenvalue weighted by atomic mass is 35.5. The van der Waals surface area contributed by atoms with Gasteiger partial charge in [-0.15, -0.1) is 0 Å². The molecule has 3 aromatic rings. The Kier molecular flexibility index (Phi) is 2.95. The Morgan fingerprint density at radius 3 is 2.59 bits per heavy atom. The van der Waals surface area contributed by atoms with Gasteiger partial charge in [0.25, 0.3) is 0 Å². The number of esters is 1. The largest absolute Gasteiger partial charge is 0.449 e. The molecule has 1 aliphatic rings. The molecule has 0 radical (unpaired) electrons. The van der Waals surface area contributed by atoms with Gasteiger partial charge in [0.15, 0.2) is 6.10 Å². The van der Waals surface area contributed by atoms with E-state index in [1.165, 1.54) is 0 Å². The van der Waals surface area contributed by atoms with Gasteiger partial charge in [0.2, 0.25) is 0 Å². The number of ether oxygens (including phenoxy) is 1. The molecule has 0 aromatic heterocycles.